The van der Waals surface area contributed by atoms with Gasteiger partial charge in [0.2, 0.25) is 5.89 Å². The van der Waals surface area contributed by atoms with Crippen molar-refractivity contribution in [1.29, 1.82) is 0 Å². The van der Waals surface area contributed by atoms with E-state index in [2.05, 4.69) is 14.9 Å². The van der Waals surface area contributed by atoms with Crippen LogP contribution in [0.3, 0.4) is 0 Å². The third-order valence-corrected chi connectivity index (χ3v) is 6.40. The van der Waals surface area contributed by atoms with E-state index in [0.29, 0.717) is 23.1 Å². The molecule has 1 aliphatic rings. The summed E-state index contributed by atoms with van der Waals surface area (Å²) in [5.74, 6) is 1.55. The summed E-state index contributed by atoms with van der Waals surface area (Å²) in [5.41, 5.74) is 0.617. The fourth-order valence-corrected chi connectivity index (χ4v) is 4.23. The first-order valence-corrected chi connectivity index (χ1v) is 9.96. The number of rotatable bonds is 8. The van der Waals surface area contributed by atoms with E-state index in [0.717, 1.165) is 12.8 Å². The second kappa shape index (κ2) is 7.34. The van der Waals surface area contributed by atoms with Gasteiger partial charge in [-0.25, -0.2) is 0 Å². The van der Waals surface area contributed by atoms with Gasteiger partial charge in [-0.2, -0.15) is 22.4 Å². The van der Waals surface area contributed by atoms with E-state index >= 15 is 0 Å². The fourth-order valence-electron chi connectivity index (χ4n) is 2.92. The summed E-state index contributed by atoms with van der Waals surface area (Å²) in [4.78, 5) is 4.22. The zero-order valence-electron chi connectivity index (χ0n) is 15.3. The Hall–Kier alpha value is -1.97. The molecule has 0 radical (unpaired) electrons. The summed E-state index contributed by atoms with van der Waals surface area (Å²) in [6, 6.07) is 6.28. The first-order chi connectivity index (χ1) is 12.3. The Kier molecular flexibility index (Phi) is 5.31. The van der Waals surface area contributed by atoms with Crippen molar-refractivity contribution < 1.29 is 17.7 Å². The first kappa shape index (κ1) is 18.8. The molecule has 142 valence electrons. The highest BCUT2D eigenvalue weighted by Crippen LogP contribution is 2.36. The van der Waals surface area contributed by atoms with E-state index in [-0.39, 0.29) is 11.9 Å². The molecule has 0 unspecified atom stereocenters. The van der Waals surface area contributed by atoms with Crippen molar-refractivity contribution in [3.8, 4) is 5.75 Å². The number of ether oxygens (including phenoxy) is 1. The van der Waals surface area contributed by atoms with Crippen molar-refractivity contribution in [3.05, 3.63) is 41.5 Å². The Bertz CT molecular complexity index is 863. The molecule has 8 nitrogen and oxygen atoms in total. The van der Waals surface area contributed by atoms with Gasteiger partial charge in [-0.1, -0.05) is 23.4 Å². The van der Waals surface area contributed by atoms with Crippen molar-refractivity contribution in [2.45, 2.75) is 38.8 Å². The molecule has 0 aliphatic heterocycles. The third-order valence-electron chi connectivity index (χ3n) is 4.78. The predicted molar refractivity (Wildman–Crippen MR) is 95.9 cm³/mol. The van der Waals surface area contributed by atoms with Crippen LogP contribution in [0.5, 0.6) is 5.75 Å². The van der Waals surface area contributed by atoms with E-state index in [1.807, 2.05) is 19.1 Å². The van der Waals surface area contributed by atoms with Crippen molar-refractivity contribution in [2.75, 3.05) is 14.2 Å². The molecule has 9 heteroatoms. The van der Waals surface area contributed by atoms with Crippen molar-refractivity contribution in [1.82, 2.24) is 19.2 Å². The van der Waals surface area contributed by atoms with E-state index < -0.39 is 16.3 Å². The summed E-state index contributed by atoms with van der Waals surface area (Å²) >= 11 is 0. The van der Waals surface area contributed by atoms with E-state index in [4.69, 9.17) is 9.26 Å². The largest absolute Gasteiger partial charge is 0.496 e. The highest BCUT2D eigenvalue weighted by Gasteiger charge is 2.37. The van der Waals surface area contributed by atoms with Crippen LogP contribution < -0.4 is 9.46 Å². The zero-order chi connectivity index (χ0) is 18.9. The molecule has 1 heterocycles. The number of aromatic nitrogens is 2. The molecule has 1 aromatic heterocycles. The molecule has 0 bridgehead atoms. The molecule has 2 aromatic rings. The van der Waals surface area contributed by atoms with Crippen LogP contribution in [0.4, 0.5) is 0 Å². The number of aryl methyl sites for hydroxylation is 1. The Balaban J connectivity index is 1.96. The first-order valence-electron chi connectivity index (χ1n) is 8.52. The quantitative estimate of drug-likeness (QED) is 0.753. The van der Waals surface area contributed by atoms with Gasteiger partial charge < -0.3 is 9.26 Å². The van der Waals surface area contributed by atoms with Crippen molar-refractivity contribution in [2.24, 2.45) is 5.92 Å². The molecule has 1 saturated carbocycles. The summed E-state index contributed by atoms with van der Waals surface area (Å²) in [6.45, 7) is 3.58. The zero-order valence-corrected chi connectivity index (χ0v) is 16.2. The third kappa shape index (κ3) is 3.89. The smallest absolute Gasteiger partial charge is 0.280 e. The van der Waals surface area contributed by atoms with Gasteiger partial charge in [-0.05, 0) is 31.7 Å². The minimum Gasteiger partial charge on any atom is -0.496 e. The molecule has 1 aliphatic carbocycles. The average Bonchev–Trinajstić information content (AvgIpc) is 3.39. The van der Waals surface area contributed by atoms with Gasteiger partial charge >= 0.3 is 0 Å². The Morgan fingerprint density at radius 3 is 2.62 bits per heavy atom. The van der Waals surface area contributed by atoms with Gasteiger partial charge in [-0.15, -0.1) is 0 Å². The van der Waals surface area contributed by atoms with Crippen LogP contribution in [-0.2, 0) is 10.2 Å². The number of para-hydroxylation sites is 1. The van der Waals surface area contributed by atoms with E-state index in [1.54, 1.807) is 26.1 Å². The van der Waals surface area contributed by atoms with Gasteiger partial charge in [0.05, 0.1) is 7.11 Å². The molecule has 26 heavy (non-hydrogen) atoms. The Labute approximate surface area is 153 Å². The van der Waals surface area contributed by atoms with Crippen LogP contribution >= 0.6 is 0 Å². The predicted octanol–water partition coefficient (Wildman–Crippen LogP) is 2.04. The molecule has 0 saturated heterocycles. The number of benzene rings is 1. The van der Waals surface area contributed by atoms with Crippen LogP contribution in [0.15, 0.2) is 28.8 Å². The highest BCUT2D eigenvalue weighted by atomic mass is 32.2. The molecule has 2 atom stereocenters. The summed E-state index contributed by atoms with van der Waals surface area (Å²) < 4.78 is 40.4. The van der Waals surface area contributed by atoms with Crippen LogP contribution in [0.1, 0.15) is 43.1 Å². The molecule has 1 fully saturated rings. The number of nitrogens with zero attached hydrogens (tertiary/aromatic N) is 3. The van der Waals surface area contributed by atoms with E-state index in [9.17, 15) is 8.42 Å². The molecule has 0 amide bonds. The standard InChI is InChI=1S/C17H24N4O4S/c1-11(13-9-10-13)21(3)26(22,23)20-16(17-18-12(2)25-19-17)14-7-5-6-8-15(14)24-4/h5-8,11,13,16,20H,9-10H2,1-4H3/t11-,16-/m0/s1. The lowest BCUT2D eigenvalue weighted by Crippen LogP contribution is -2.45. The molecule has 1 aromatic carbocycles. The molecular formula is C17H24N4O4S. The second-order valence-electron chi connectivity index (χ2n) is 6.56. The fraction of sp³-hybridized carbons (Fsp3) is 0.529. The van der Waals surface area contributed by atoms with Crippen molar-refractivity contribution in [3.63, 3.8) is 0 Å². The summed E-state index contributed by atoms with van der Waals surface area (Å²) in [6.07, 6.45) is 2.11. The van der Waals surface area contributed by atoms with Crippen LogP contribution in [0.25, 0.3) is 0 Å². The average molecular weight is 380 g/mol. The van der Waals surface area contributed by atoms with E-state index in [1.165, 1.54) is 11.4 Å². The monoisotopic (exact) mass is 380 g/mol. The van der Waals surface area contributed by atoms with Gasteiger partial charge in [0.1, 0.15) is 11.8 Å². The molecular weight excluding hydrogens is 356 g/mol. The maximum atomic E-state index is 13.0. The van der Waals surface area contributed by atoms with Gasteiger partial charge in [0.25, 0.3) is 10.2 Å². The topological polar surface area (TPSA) is 97.6 Å². The minimum atomic E-state index is -3.77. The maximum Gasteiger partial charge on any atom is 0.280 e. The second-order valence-corrected chi connectivity index (χ2v) is 8.33. The number of nitrogens with one attached hydrogen (secondary N) is 1. The van der Waals surface area contributed by atoms with Crippen molar-refractivity contribution >= 4 is 10.2 Å². The Morgan fingerprint density at radius 1 is 1.35 bits per heavy atom. The minimum absolute atomic E-state index is 0.0715. The molecule has 3 rings (SSSR count). The van der Waals surface area contributed by atoms with Gasteiger partial charge in [0.15, 0.2) is 5.82 Å². The number of hydrogen-bond donors (Lipinski definition) is 1. The van der Waals surface area contributed by atoms with Crippen LogP contribution in [0.2, 0.25) is 0 Å². The SMILES string of the molecule is COc1ccccc1[C@H](NS(=O)(=O)N(C)[C@@H](C)C1CC1)c1noc(C)n1. The molecule has 1 N–H and O–H groups in total. The lowest BCUT2D eigenvalue weighted by Gasteiger charge is -2.27. The highest BCUT2D eigenvalue weighted by molar-refractivity contribution is 7.87. The van der Waals surface area contributed by atoms with Gasteiger partial charge in [0, 0.05) is 25.6 Å². The van der Waals surface area contributed by atoms with Gasteiger partial charge in [-0.3, -0.25) is 0 Å². The normalized spacial score (nSPS) is 17.3. The number of hydrogen-bond acceptors (Lipinski definition) is 6. The summed E-state index contributed by atoms with van der Waals surface area (Å²) in [7, 11) is -0.645. The summed E-state index contributed by atoms with van der Waals surface area (Å²) in [5, 5.41) is 3.92. The lowest BCUT2D eigenvalue weighted by molar-refractivity contribution is 0.346. The lowest BCUT2D eigenvalue weighted by atomic mass is 10.1. The maximum absolute atomic E-state index is 13.0. The number of methoxy groups -OCH3 is 1. The Morgan fingerprint density at radius 2 is 2.04 bits per heavy atom. The van der Waals surface area contributed by atoms with Crippen LogP contribution in [0, 0.1) is 12.8 Å². The van der Waals surface area contributed by atoms with Crippen LogP contribution in [-0.4, -0.2) is 43.1 Å². The molecule has 0 spiro atoms.